The summed E-state index contributed by atoms with van der Waals surface area (Å²) in [5, 5.41) is 9.82. The lowest BCUT2D eigenvalue weighted by Crippen LogP contribution is -2.58. The Labute approximate surface area is 223 Å². The molecule has 0 amide bonds. The normalized spacial score (nSPS) is 21.8. The number of ether oxygens (including phenoxy) is 1. The summed E-state index contributed by atoms with van der Waals surface area (Å²) in [6, 6.07) is 1.54. The first-order valence-electron chi connectivity index (χ1n) is 13.4. The molecule has 4 heterocycles. The highest BCUT2D eigenvalue weighted by Crippen LogP contribution is 2.38. The molecule has 2 aromatic heterocycles. The second kappa shape index (κ2) is 11.9. The minimum atomic E-state index is -3.30. The summed E-state index contributed by atoms with van der Waals surface area (Å²) in [4.78, 5) is 22.9. The number of carbonyl (C=O) groups excluding carboxylic acids is 1. The van der Waals surface area contributed by atoms with E-state index in [0.29, 0.717) is 25.1 Å². The fourth-order valence-corrected chi connectivity index (χ4v) is 6.94. The molecule has 2 fully saturated rings. The van der Waals surface area contributed by atoms with Crippen LogP contribution in [0.1, 0.15) is 76.6 Å². The summed E-state index contributed by atoms with van der Waals surface area (Å²) in [6.07, 6.45) is 5.70. The monoisotopic (exact) mass is 551 g/mol. The first-order chi connectivity index (χ1) is 18.1. The Morgan fingerprint density at radius 3 is 2.58 bits per heavy atom. The predicted octanol–water partition coefficient (Wildman–Crippen LogP) is 3.80. The maximum absolute atomic E-state index is 15.5. The van der Waals surface area contributed by atoms with Gasteiger partial charge in [0.05, 0.1) is 5.75 Å². The summed E-state index contributed by atoms with van der Waals surface area (Å²) < 4.78 is 48.1. The molecule has 2 aliphatic heterocycles. The van der Waals surface area contributed by atoms with Crippen molar-refractivity contribution in [3.8, 4) is 0 Å². The van der Waals surface area contributed by atoms with Crippen LogP contribution in [0.25, 0.3) is 0 Å². The van der Waals surface area contributed by atoms with Crippen LogP contribution in [0.4, 0.5) is 22.0 Å². The van der Waals surface area contributed by atoms with E-state index >= 15 is 4.39 Å². The molecular weight excluding hydrogens is 513 g/mol. The quantitative estimate of drug-likeness (QED) is 0.400. The standard InChI is InChI=1S/C25H38FN7O4S/c1-5-7-11-22(34)37-15-20-23(26)24(28-21-12-16(3)30-31-21)29-25(27-20)32(4)19-13-17-9-8-10-18(14-19)33(17)38(35,36)6-2/h12,17-19H,5-11,13-15H2,1-4H3,(H2,27,28,29,30,31)/t17-,18+,19?. The molecule has 38 heavy (non-hydrogen) atoms. The number of aromatic nitrogens is 4. The van der Waals surface area contributed by atoms with Gasteiger partial charge in [0.15, 0.2) is 17.5 Å². The van der Waals surface area contributed by atoms with Crippen molar-refractivity contribution in [3.05, 3.63) is 23.3 Å². The molecule has 2 N–H and O–H groups in total. The van der Waals surface area contributed by atoms with E-state index in [1.165, 1.54) is 0 Å². The van der Waals surface area contributed by atoms with Crippen molar-refractivity contribution in [2.24, 2.45) is 0 Å². The highest BCUT2D eigenvalue weighted by atomic mass is 32.2. The minimum absolute atomic E-state index is 0.0282. The number of hydrogen-bond acceptors (Lipinski definition) is 9. The number of hydrogen-bond donors (Lipinski definition) is 2. The Balaban J connectivity index is 1.60. The molecule has 0 spiro atoms. The Morgan fingerprint density at radius 2 is 1.97 bits per heavy atom. The van der Waals surface area contributed by atoms with Crippen LogP contribution in [0, 0.1) is 12.7 Å². The average Bonchev–Trinajstić information content (AvgIpc) is 3.30. The van der Waals surface area contributed by atoms with Gasteiger partial charge in [0.2, 0.25) is 16.0 Å². The van der Waals surface area contributed by atoms with E-state index in [1.807, 2.05) is 25.8 Å². The number of fused-ring (bicyclic) bond motifs is 2. The highest BCUT2D eigenvalue weighted by molar-refractivity contribution is 7.89. The van der Waals surface area contributed by atoms with Crippen LogP contribution in [-0.2, 0) is 26.2 Å². The van der Waals surface area contributed by atoms with Crippen LogP contribution >= 0.6 is 0 Å². The summed E-state index contributed by atoms with van der Waals surface area (Å²) in [7, 11) is -1.46. The Kier molecular flexibility index (Phi) is 8.86. The van der Waals surface area contributed by atoms with Crippen LogP contribution < -0.4 is 10.2 Å². The first kappa shape index (κ1) is 28.2. The molecule has 0 saturated carbocycles. The smallest absolute Gasteiger partial charge is 0.306 e. The Bertz CT molecular complexity index is 1220. The van der Waals surface area contributed by atoms with Crippen molar-refractivity contribution in [2.45, 2.75) is 96.9 Å². The van der Waals surface area contributed by atoms with E-state index in [2.05, 4.69) is 25.5 Å². The molecule has 0 aliphatic carbocycles. The zero-order valence-corrected chi connectivity index (χ0v) is 23.4. The number of nitrogens with zero attached hydrogens (tertiary/aromatic N) is 5. The van der Waals surface area contributed by atoms with Gasteiger partial charge in [-0.15, -0.1) is 0 Å². The Morgan fingerprint density at radius 1 is 1.26 bits per heavy atom. The van der Waals surface area contributed by atoms with Gasteiger partial charge in [0.1, 0.15) is 12.3 Å². The maximum atomic E-state index is 15.5. The number of nitrogens with one attached hydrogen (secondary N) is 2. The molecule has 2 aromatic rings. The molecular formula is C25H38FN7O4S. The average molecular weight is 552 g/mol. The highest BCUT2D eigenvalue weighted by Gasteiger charge is 2.45. The number of anilines is 3. The Hall–Kier alpha value is -2.80. The number of aryl methyl sites for hydroxylation is 1. The number of unbranched alkanes of at least 4 members (excludes halogenated alkanes) is 1. The van der Waals surface area contributed by atoms with Gasteiger partial charge in [0.25, 0.3) is 0 Å². The lowest BCUT2D eigenvalue weighted by Gasteiger charge is -2.49. The summed E-state index contributed by atoms with van der Waals surface area (Å²) in [5.41, 5.74) is 0.761. The fraction of sp³-hybridized carbons (Fsp3) is 0.680. The van der Waals surface area contributed by atoms with Gasteiger partial charge < -0.3 is 15.0 Å². The number of esters is 1. The largest absolute Gasteiger partial charge is 0.459 e. The second-order valence-corrected chi connectivity index (χ2v) is 12.3. The fourth-order valence-electron chi connectivity index (χ4n) is 5.35. The molecule has 2 aliphatic rings. The van der Waals surface area contributed by atoms with Crippen LogP contribution in [0.3, 0.4) is 0 Å². The van der Waals surface area contributed by atoms with Crippen molar-refractivity contribution in [2.75, 3.05) is 23.0 Å². The zero-order chi connectivity index (χ0) is 27.4. The van der Waals surface area contributed by atoms with Crippen LogP contribution in [-0.4, -0.2) is 69.8 Å². The number of carbonyl (C=O) groups is 1. The molecule has 13 heteroatoms. The van der Waals surface area contributed by atoms with Crippen molar-refractivity contribution in [1.82, 2.24) is 24.5 Å². The maximum Gasteiger partial charge on any atom is 0.306 e. The molecule has 1 unspecified atom stereocenters. The molecule has 0 radical (unpaired) electrons. The van der Waals surface area contributed by atoms with Crippen molar-refractivity contribution < 1.29 is 22.3 Å². The van der Waals surface area contributed by atoms with E-state index < -0.39 is 21.8 Å². The molecule has 4 rings (SSSR count). The van der Waals surface area contributed by atoms with Crippen molar-refractivity contribution >= 4 is 33.6 Å². The van der Waals surface area contributed by atoms with Crippen LogP contribution in [0.2, 0.25) is 0 Å². The van der Waals surface area contributed by atoms with Gasteiger partial charge in [-0.3, -0.25) is 9.89 Å². The van der Waals surface area contributed by atoms with E-state index in [-0.39, 0.29) is 54.4 Å². The third-order valence-corrected chi connectivity index (χ3v) is 9.37. The number of H-pyrrole nitrogens is 1. The number of sulfonamides is 1. The van der Waals surface area contributed by atoms with Gasteiger partial charge in [-0.2, -0.15) is 14.4 Å². The second-order valence-electron chi connectivity index (χ2n) is 10.2. The van der Waals surface area contributed by atoms with Gasteiger partial charge >= 0.3 is 5.97 Å². The van der Waals surface area contributed by atoms with Crippen LogP contribution in [0.5, 0.6) is 0 Å². The molecule has 3 atom stereocenters. The lowest BCUT2D eigenvalue weighted by molar-refractivity contribution is -0.145. The number of halogens is 1. The summed E-state index contributed by atoms with van der Waals surface area (Å²) in [5.74, 6) is -0.438. The molecule has 210 valence electrons. The molecule has 0 aromatic carbocycles. The third-order valence-electron chi connectivity index (χ3n) is 7.40. The number of aromatic amines is 1. The van der Waals surface area contributed by atoms with Crippen molar-refractivity contribution in [3.63, 3.8) is 0 Å². The molecule has 2 saturated heterocycles. The predicted molar refractivity (Wildman–Crippen MR) is 142 cm³/mol. The number of piperidine rings is 2. The van der Waals surface area contributed by atoms with Crippen LogP contribution in [0.15, 0.2) is 6.07 Å². The van der Waals surface area contributed by atoms with E-state index in [4.69, 9.17) is 4.74 Å². The van der Waals surface area contributed by atoms with Gasteiger partial charge in [-0.25, -0.2) is 17.8 Å². The minimum Gasteiger partial charge on any atom is -0.459 e. The van der Waals surface area contributed by atoms with Crippen molar-refractivity contribution in [1.29, 1.82) is 0 Å². The topological polar surface area (TPSA) is 133 Å². The SMILES string of the molecule is CCCCC(=O)OCc1nc(N(C)C2C[C@H]3CCC[C@@H](C2)N3S(=O)(=O)CC)nc(Nc2cc(C)[nH]n2)c1F. The van der Waals surface area contributed by atoms with E-state index in [9.17, 15) is 13.2 Å². The summed E-state index contributed by atoms with van der Waals surface area (Å²) >= 11 is 0. The van der Waals surface area contributed by atoms with E-state index in [1.54, 1.807) is 17.3 Å². The third kappa shape index (κ3) is 6.25. The first-order valence-corrected chi connectivity index (χ1v) is 15.0. The zero-order valence-electron chi connectivity index (χ0n) is 22.5. The molecule has 2 bridgehead atoms. The number of rotatable bonds is 11. The molecule has 11 nitrogen and oxygen atoms in total. The van der Waals surface area contributed by atoms with Gasteiger partial charge in [-0.1, -0.05) is 19.8 Å². The lowest BCUT2D eigenvalue weighted by atomic mass is 9.83. The van der Waals surface area contributed by atoms with E-state index in [0.717, 1.165) is 31.4 Å². The van der Waals surface area contributed by atoms with Gasteiger partial charge in [-0.05, 0) is 46.0 Å². The summed E-state index contributed by atoms with van der Waals surface area (Å²) in [6.45, 7) is 5.17. The van der Waals surface area contributed by atoms with Gasteiger partial charge in [0, 0.05) is 43.4 Å².